The second-order valence-electron chi connectivity index (χ2n) is 3.46. The van der Waals surface area contributed by atoms with E-state index in [0.29, 0.717) is 5.11 Å². The van der Waals surface area contributed by atoms with Crippen LogP contribution in [0, 0.1) is 0 Å². The zero-order valence-corrected chi connectivity index (χ0v) is 11.4. The molecule has 0 aliphatic heterocycles. The van der Waals surface area contributed by atoms with E-state index in [4.69, 9.17) is 12.2 Å². The third kappa shape index (κ3) is 5.41. The molecule has 0 saturated carbocycles. The molecule has 0 atom stereocenters. The fraction of sp³-hybridized carbons (Fsp3) is 0.143. The summed E-state index contributed by atoms with van der Waals surface area (Å²) in [7, 11) is 1.73. The minimum Gasteiger partial charge on any atom is -0.333 e. The van der Waals surface area contributed by atoms with Crippen LogP contribution in [0.15, 0.2) is 59.2 Å². The number of nitrogens with one attached hydrogen (secondary N) is 2. The highest BCUT2D eigenvalue weighted by atomic mass is 32.1. The summed E-state index contributed by atoms with van der Waals surface area (Å²) >= 11 is 5.23. The Morgan fingerprint density at radius 1 is 1.28 bits per heavy atom. The van der Waals surface area contributed by atoms with Crippen LogP contribution in [0.1, 0.15) is 6.92 Å². The molecule has 1 rings (SSSR count). The van der Waals surface area contributed by atoms with Crippen LogP contribution >= 0.6 is 12.2 Å². The summed E-state index contributed by atoms with van der Waals surface area (Å²) in [6, 6.07) is 9.80. The van der Waals surface area contributed by atoms with Crippen molar-refractivity contribution in [1.82, 2.24) is 5.32 Å². The molecule has 18 heavy (non-hydrogen) atoms. The second-order valence-corrected chi connectivity index (χ2v) is 3.86. The van der Waals surface area contributed by atoms with Gasteiger partial charge < -0.3 is 10.6 Å². The first-order chi connectivity index (χ1) is 8.76. The minimum absolute atomic E-state index is 0.562. The number of rotatable bonds is 4. The topological polar surface area (TPSA) is 36.4 Å². The molecule has 94 valence electrons. The molecule has 0 unspecified atom stereocenters. The predicted octanol–water partition coefficient (Wildman–Crippen LogP) is 3.13. The van der Waals surface area contributed by atoms with Crippen molar-refractivity contribution in [3.8, 4) is 0 Å². The standard InChI is InChI=1S/C14H17N3S/c1-3-12(10-7-11-15-2)16-14(18)17-13-8-5-4-6-9-13/h3-11H,1-2H3,(H2,16,17,18)/b10-7-,12-3+,15-11?. The first-order valence-electron chi connectivity index (χ1n) is 5.64. The summed E-state index contributed by atoms with van der Waals surface area (Å²) in [6.45, 7) is 1.95. The predicted molar refractivity (Wildman–Crippen MR) is 83.1 cm³/mol. The highest BCUT2D eigenvalue weighted by Crippen LogP contribution is 2.05. The van der Waals surface area contributed by atoms with Gasteiger partial charge in [0.1, 0.15) is 0 Å². The molecule has 0 aliphatic carbocycles. The lowest BCUT2D eigenvalue weighted by Crippen LogP contribution is -2.27. The molecule has 4 heteroatoms. The van der Waals surface area contributed by atoms with Crippen LogP contribution in [0.2, 0.25) is 0 Å². The largest absolute Gasteiger partial charge is 0.333 e. The number of hydrogen-bond donors (Lipinski definition) is 2. The molecule has 1 aromatic carbocycles. The SMILES string of the molecule is C/C=C(\C=C/C=NC)NC(=S)Nc1ccccc1. The van der Waals surface area contributed by atoms with E-state index in [1.165, 1.54) is 0 Å². The summed E-state index contributed by atoms with van der Waals surface area (Å²) in [6.07, 6.45) is 7.43. The van der Waals surface area contributed by atoms with E-state index in [0.717, 1.165) is 11.4 Å². The van der Waals surface area contributed by atoms with Crippen molar-refractivity contribution in [2.45, 2.75) is 6.92 Å². The van der Waals surface area contributed by atoms with Gasteiger partial charge in [0.2, 0.25) is 0 Å². The normalized spacial score (nSPS) is 12.0. The van der Waals surface area contributed by atoms with Gasteiger partial charge in [0.05, 0.1) is 0 Å². The van der Waals surface area contributed by atoms with Crippen molar-refractivity contribution < 1.29 is 0 Å². The lowest BCUT2D eigenvalue weighted by Gasteiger charge is -2.10. The van der Waals surface area contributed by atoms with Gasteiger partial charge in [-0.25, -0.2) is 0 Å². The van der Waals surface area contributed by atoms with E-state index in [-0.39, 0.29) is 0 Å². The van der Waals surface area contributed by atoms with Crippen molar-refractivity contribution in [2.75, 3.05) is 12.4 Å². The molecule has 3 nitrogen and oxygen atoms in total. The zero-order chi connectivity index (χ0) is 13.2. The monoisotopic (exact) mass is 259 g/mol. The molecular weight excluding hydrogens is 242 g/mol. The number of nitrogens with zero attached hydrogens (tertiary/aromatic N) is 1. The van der Waals surface area contributed by atoms with E-state index in [1.807, 2.05) is 55.5 Å². The Labute approximate surface area is 113 Å². The average molecular weight is 259 g/mol. The molecular formula is C14H17N3S. The van der Waals surface area contributed by atoms with Crippen LogP contribution in [0.5, 0.6) is 0 Å². The number of hydrogen-bond acceptors (Lipinski definition) is 2. The molecule has 1 aromatic rings. The van der Waals surface area contributed by atoms with Crippen molar-refractivity contribution in [3.63, 3.8) is 0 Å². The van der Waals surface area contributed by atoms with E-state index >= 15 is 0 Å². The smallest absolute Gasteiger partial charge is 0.175 e. The lowest BCUT2D eigenvalue weighted by molar-refractivity contribution is 1.19. The highest BCUT2D eigenvalue weighted by molar-refractivity contribution is 7.80. The van der Waals surface area contributed by atoms with Gasteiger partial charge in [-0.15, -0.1) is 0 Å². The molecule has 0 radical (unpaired) electrons. The average Bonchev–Trinajstić information content (AvgIpc) is 2.39. The van der Waals surface area contributed by atoms with Gasteiger partial charge in [-0.1, -0.05) is 24.3 Å². The molecule has 0 aliphatic rings. The van der Waals surface area contributed by atoms with Crippen LogP contribution in [0.4, 0.5) is 5.69 Å². The van der Waals surface area contributed by atoms with Gasteiger partial charge in [-0.2, -0.15) is 0 Å². The van der Waals surface area contributed by atoms with Crippen molar-refractivity contribution in [2.24, 2.45) is 4.99 Å². The molecule has 0 saturated heterocycles. The molecule has 0 aromatic heterocycles. The number of benzene rings is 1. The molecule has 2 N–H and O–H groups in total. The third-order valence-corrected chi connectivity index (χ3v) is 2.32. The van der Waals surface area contributed by atoms with Gasteiger partial charge in [0.15, 0.2) is 5.11 Å². The Kier molecular flexibility index (Phi) is 6.43. The molecule has 0 heterocycles. The van der Waals surface area contributed by atoms with E-state index in [1.54, 1.807) is 13.3 Å². The number of anilines is 1. The number of allylic oxidation sites excluding steroid dienone is 3. The maximum Gasteiger partial charge on any atom is 0.175 e. The molecule has 0 fully saturated rings. The minimum atomic E-state index is 0.562. The maximum absolute atomic E-state index is 5.23. The first kappa shape index (κ1) is 14.1. The van der Waals surface area contributed by atoms with Gasteiger partial charge >= 0.3 is 0 Å². The summed E-state index contributed by atoms with van der Waals surface area (Å²) in [5.74, 6) is 0. The number of aliphatic imine (C=N–C) groups is 1. The fourth-order valence-corrected chi connectivity index (χ4v) is 1.49. The van der Waals surface area contributed by atoms with Crippen molar-refractivity contribution >= 4 is 29.2 Å². The fourth-order valence-electron chi connectivity index (χ4n) is 1.26. The summed E-state index contributed by atoms with van der Waals surface area (Å²) in [5, 5.41) is 6.78. The zero-order valence-electron chi connectivity index (χ0n) is 10.6. The number of thiocarbonyl (C=S) groups is 1. The molecule has 0 amide bonds. The first-order valence-corrected chi connectivity index (χ1v) is 6.05. The van der Waals surface area contributed by atoms with Crippen LogP contribution < -0.4 is 10.6 Å². The number of para-hydroxylation sites is 1. The van der Waals surface area contributed by atoms with Crippen LogP contribution in [-0.4, -0.2) is 18.4 Å². The van der Waals surface area contributed by atoms with Gasteiger partial charge in [0, 0.05) is 24.6 Å². The summed E-state index contributed by atoms with van der Waals surface area (Å²) in [4.78, 5) is 3.87. The van der Waals surface area contributed by atoms with Crippen LogP contribution in [0.3, 0.4) is 0 Å². The Bertz CT molecular complexity index is 461. The summed E-state index contributed by atoms with van der Waals surface area (Å²) < 4.78 is 0. The van der Waals surface area contributed by atoms with E-state index in [9.17, 15) is 0 Å². The Morgan fingerprint density at radius 2 is 2.00 bits per heavy atom. The third-order valence-electron chi connectivity index (χ3n) is 2.11. The van der Waals surface area contributed by atoms with Gasteiger partial charge in [-0.05, 0) is 43.4 Å². The Morgan fingerprint density at radius 3 is 2.61 bits per heavy atom. The Balaban J connectivity index is 2.53. The lowest BCUT2D eigenvalue weighted by atomic mass is 10.3. The maximum atomic E-state index is 5.23. The molecule has 0 bridgehead atoms. The van der Waals surface area contributed by atoms with Gasteiger partial charge in [0.25, 0.3) is 0 Å². The van der Waals surface area contributed by atoms with E-state index in [2.05, 4.69) is 15.6 Å². The van der Waals surface area contributed by atoms with Crippen LogP contribution in [-0.2, 0) is 0 Å². The Hall–Kier alpha value is -1.94. The summed E-state index contributed by atoms with van der Waals surface area (Å²) in [5.41, 5.74) is 1.88. The van der Waals surface area contributed by atoms with E-state index < -0.39 is 0 Å². The van der Waals surface area contributed by atoms with Gasteiger partial charge in [-0.3, -0.25) is 4.99 Å². The molecule has 0 spiro atoms. The van der Waals surface area contributed by atoms with Crippen molar-refractivity contribution in [1.29, 1.82) is 0 Å². The quantitative estimate of drug-likeness (QED) is 0.495. The second kappa shape index (κ2) is 8.20. The van der Waals surface area contributed by atoms with Crippen LogP contribution in [0.25, 0.3) is 0 Å². The highest BCUT2D eigenvalue weighted by Gasteiger charge is 1.97. The van der Waals surface area contributed by atoms with Crippen molar-refractivity contribution in [3.05, 3.63) is 54.3 Å².